The monoisotopic (exact) mass is 420 g/mol. The molecule has 3 rings (SSSR count). The standard InChI is InChI=1S/C24H28N4O3/c1-17-14-28(15-18(2)25-17)16-19-6-8-20(9-7-19)23(29)12-10-21-4-3-5-22(26-21)11-13-24(30)27-31/h3-13,17-18,25,31H,14-16H2,1-2H3,(H,27,30)/t17-,18+. The van der Waals surface area contributed by atoms with Crippen molar-refractivity contribution in [1.29, 1.82) is 0 Å². The van der Waals surface area contributed by atoms with Gasteiger partial charge in [-0.2, -0.15) is 0 Å². The molecule has 2 aromatic rings. The van der Waals surface area contributed by atoms with E-state index in [2.05, 4.69) is 29.0 Å². The minimum atomic E-state index is -0.637. The Kier molecular flexibility index (Phi) is 7.83. The van der Waals surface area contributed by atoms with Crippen LogP contribution in [-0.4, -0.2) is 52.0 Å². The zero-order valence-corrected chi connectivity index (χ0v) is 17.8. The van der Waals surface area contributed by atoms with E-state index >= 15 is 0 Å². The van der Waals surface area contributed by atoms with Crippen LogP contribution in [0.2, 0.25) is 0 Å². The van der Waals surface area contributed by atoms with E-state index in [9.17, 15) is 9.59 Å². The van der Waals surface area contributed by atoms with Gasteiger partial charge in [0.25, 0.3) is 5.91 Å². The third kappa shape index (κ3) is 6.96. The molecule has 1 aromatic carbocycles. The molecule has 3 N–H and O–H groups in total. The molecule has 162 valence electrons. The van der Waals surface area contributed by atoms with Gasteiger partial charge in [-0.25, -0.2) is 10.5 Å². The molecule has 1 fully saturated rings. The maximum Gasteiger partial charge on any atom is 0.267 e. The van der Waals surface area contributed by atoms with Crippen molar-refractivity contribution in [3.05, 3.63) is 77.1 Å². The molecule has 0 aliphatic carbocycles. The Morgan fingerprint density at radius 3 is 2.29 bits per heavy atom. The van der Waals surface area contributed by atoms with Gasteiger partial charge in [0, 0.05) is 43.4 Å². The Hall–Kier alpha value is -3.13. The number of nitrogens with one attached hydrogen (secondary N) is 2. The van der Waals surface area contributed by atoms with Crippen LogP contribution < -0.4 is 10.8 Å². The minimum absolute atomic E-state index is 0.0987. The lowest BCUT2D eigenvalue weighted by Gasteiger charge is -2.36. The molecule has 0 saturated carbocycles. The summed E-state index contributed by atoms with van der Waals surface area (Å²) in [5.74, 6) is -0.735. The van der Waals surface area contributed by atoms with Gasteiger partial charge < -0.3 is 5.32 Å². The van der Waals surface area contributed by atoms with Crippen molar-refractivity contribution in [3.63, 3.8) is 0 Å². The van der Waals surface area contributed by atoms with E-state index in [0.717, 1.165) is 19.6 Å². The predicted octanol–water partition coefficient (Wildman–Crippen LogP) is 2.68. The zero-order valence-electron chi connectivity index (χ0n) is 17.8. The fraction of sp³-hybridized carbons (Fsp3) is 0.292. The maximum atomic E-state index is 12.5. The lowest BCUT2D eigenvalue weighted by Crippen LogP contribution is -2.53. The third-order valence-electron chi connectivity index (χ3n) is 4.99. The number of pyridine rings is 1. The Bertz CT molecular complexity index is 959. The molecule has 1 amide bonds. The van der Waals surface area contributed by atoms with E-state index in [1.807, 2.05) is 24.3 Å². The first-order valence-corrected chi connectivity index (χ1v) is 10.3. The van der Waals surface area contributed by atoms with Gasteiger partial charge in [0.15, 0.2) is 5.78 Å². The smallest absolute Gasteiger partial charge is 0.267 e. The summed E-state index contributed by atoms with van der Waals surface area (Å²) in [7, 11) is 0. The maximum absolute atomic E-state index is 12.5. The third-order valence-corrected chi connectivity index (χ3v) is 4.99. The van der Waals surface area contributed by atoms with Gasteiger partial charge in [-0.3, -0.25) is 19.7 Å². The lowest BCUT2D eigenvalue weighted by molar-refractivity contribution is -0.124. The van der Waals surface area contributed by atoms with Gasteiger partial charge in [-0.1, -0.05) is 30.3 Å². The second-order valence-corrected chi connectivity index (χ2v) is 7.85. The number of nitrogens with zero attached hydrogens (tertiary/aromatic N) is 2. The van der Waals surface area contributed by atoms with Crippen molar-refractivity contribution in [3.8, 4) is 0 Å². The van der Waals surface area contributed by atoms with Crippen LogP contribution in [0, 0.1) is 0 Å². The number of hydrogen-bond donors (Lipinski definition) is 3. The van der Waals surface area contributed by atoms with Gasteiger partial charge in [0.1, 0.15) is 0 Å². The molecular formula is C24H28N4O3. The molecule has 2 heterocycles. The van der Waals surface area contributed by atoms with Gasteiger partial charge in [0.05, 0.1) is 11.4 Å². The molecule has 1 aromatic heterocycles. The van der Waals surface area contributed by atoms with E-state index in [-0.39, 0.29) is 5.78 Å². The number of carbonyl (C=O) groups is 2. The zero-order chi connectivity index (χ0) is 22.2. The molecule has 1 aliphatic rings. The van der Waals surface area contributed by atoms with Crippen LogP contribution in [0.15, 0.2) is 54.6 Å². The number of rotatable bonds is 7. The van der Waals surface area contributed by atoms with E-state index in [4.69, 9.17) is 5.21 Å². The van der Waals surface area contributed by atoms with E-state index < -0.39 is 5.91 Å². The topological polar surface area (TPSA) is 94.6 Å². The van der Waals surface area contributed by atoms with Crippen molar-refractivity contribution in [2.24, 2.45) is 0 Å². The number of piperazine rings is 1. The summed E-state index contributed by atoms with van der Waals surface area (Å²) in [6, 6.07) is 14.0. The second kappa shape index (κ2) is 10.8. The van der Waals surface area contributed by atoms with Crippen LogP contribution in [0.3, 0.4) is 0 Å². The molecule has 31 heavy (non-hydrogen) atoms. The highest BCUT2D eigenvalue weighted by Gasteiger charge is 2.20. The van der Waals surface area contributed by atoms with Crippen molar-refractivity contribution < 1.29 is 14.8 Å². The molecule has 1 aliphatic heterocycles. The Labute approximate surface area is 182 Å². The molecule has 7 heteroatoms. The number of amides is 1. The van der Waals surface area contributed by atoms with Crippen molar-refractivity contribution >= 4 is 23.8 Å². The minimum Gasteiger partial charge on any atom is -0.309 e. The van der Waals surface area contributed by atoms with Gasteiger partial charge in [-0.05, 0) is 49.8 Å². The Morgan fingerprint density at radius 1 is 1.06 bits per heavy atom. The summed E-state index contributed by atoms with van der Waals surface area (Å²) < 4.78 is 0. The summed E-state index contributed by atoms with van der Waals surface area (Å²) >= 11 is 0. The number of ketones is 1. The van der Waals surface area contributed by atoms with Gasteiger partial charge >= 0.3 is 0 Å². The lowest BCUT2D eigenvalue weighted by atomic mass is 10.1. The Balaban J connectivity index is 1.60. The summed E-state index contributed by atoms with van der Waals surface area (Å²) in [5, 5.41) is 12.1. The molecule has 0 bridgehead atoms. The quantitative estimate of drug-likeness (QED) is 0.276. The summed E-state index contributed by atoms with van der Waals surface area (Å²) in [4.78, 5) is 30.4. The summed E-state index contributed by atoms with van der Waals surface area (Å²) in [6.07, 6.45) is 5.78. The molecule has 0 spiro atoms. The second-order valence-electron chi connectivity index (χ2n) is 7.85. The van der Waals surface area contributed by atoms with Crippen molar-refractivity contribution in [1.82, 2.24) is 20.7 Å². The summed E-state index contributed by atoms with van der Waals surface area (Å²) in [5.41, 5.74) is 4.47. The highest BCUT2D eigenvalue weighted by Crippen LogP contribution is 2.13. The summed E-state index contributed by atoms with van der Waals surface area (Å²) in [6.45, 7) is 7.30. The van der Waals surface area contributed by atoms with Crippen LogP contribution in [0.1, 0.15) is 41.2 Å². The van der Waals surface area contributed by atoms with Crippen LogP contribution in [0.5, 0.6) is 0 Å². The van der Waals surface area contributed by atoms with Gasteiger partial charge in [0.2, 0.25) is 0 Å². The number of carbonyl (C=O) groups excluding carboxylic acids is 2. The average molecular weight is 421 g/mol. The molecule has 0 radical (unpaired) electrons. The molecular weight excluding hydrogens is 392 g/mol. The van der Waals surface area contributed by atoms with E-state index in [1.165, 1.54) is 29.3 Å². The predicted molar refractivity (Wildman–Crippen MR) is 120 cm³/mol. The number of hydroxylamine groups is 1. The first kappa shape index (κ1) is 22.6. The number of hydrogen-bond acceptors (Lipinski definition) is 6. The molecule has 1 saturated heterocycles. The molecule has 0 unspecified atom stereocenters. The number of benzene rings is 1. The van der Waals surface area contributed by atoms with Crippen LogP contribution in [-0.2, 0) is 11.3 Å². The highest BCUT2D eigenvalue weighted by atomic mass is 16.5. The van der Waals surface area contributed by atoms with E-state index in [1.54, 1.807) is 24.3 Å². The van der Waals surface area contributed by atoms with Crippen LogP contribution in [0.4, 0.5) is 0 Å². The molecule has 2 atom stereocenters. The number of aromatic nitrogens is 1. The largest absolute Gasteiger partial charge is 0.309 e. The number of allylic oxidation sites excluding steroid dienone is 1. The van der Waals surface area contributed by atoms with Crippen molar-refractivity contribution in [2.75, 3.05) is 13.1 Å². The van der Waals surface area contributed by atoms with Crippen LogP contribution in [0.25, 0.3) is 12.2 Å². The SMILES string of the molecule is C[C@@H]1CN(Cc2ccc(C(=O)C=Cc3cccc(C=CC(=O)NO)n3)cc2)C[C@H](C)N1. The Morgan fingerprint density at radius 2 is 1.68 bits per heavy atom. The fourth-order valence-electron chi connectivity index (χ4n) is 3.71. The first-order chi connectivity index (χ1) is 14.9. The van der Waals surface area contributed by atoms with E-state index in [0.29, 0.717) is 29.0 Å². The van der Waals surface area contributed by atoms with Crippen molar-refractivity contribution in [2.45, 2.75) is 32.5 Å². The highest BCUT2D eigenvalue weighted by molar-refractivity contribution is 6.06. The normalized spacial score (nSPS) is 19.7. The average Bonchev–Trinajstić information content (AvgIpc) is 2.76. The fourth-order valence-corrected chi connectivity index (χ4v) is 3.71. The molecule has 7 nitrogen and oxygen atoms in total. The van der Waals surface area contributed by atoms with Gasteiger partial charge in [-0.15, -0.1) is 0 Å². The van der Waals surface area contributed by atoms with Crippen LogP contribution >= 0.6 is 0 Å². The first-order valence-electron chi connectivity index (χ1n) is 10.3.